The van der Waals surface area contributed by atoms with E-state index in [1.165, 1.54) is 6.20 Å². The Morgan fingerprint density at radius 3 is 2.64 bits per heavy atom. The summed E-state index contributed by atoms with van der Waals surface area (Å²) in [5.41, 5.74) is 6.52. The first-order valence-electron chi connectivity index (χ1n) is 3.19. The van der Waals surface area contributed by atoms with Gasteiger partial charge >= 0.3 is 7.12 Å². The first-order chi connectivity index (χ1) is 5.11. The molecule has 0 aliphatic carbocycles. The number of hydrogen-bond donors (Lipinski definition) is 3. The molecule has 0 aliphatic rings. The van der Waals surface area contributed by atoms with Crippen LogP contribution in [0.4, 0.5) is 5.82 Å². The lowest BCUT2D eigenvalue weighted by Gasteiger charge is -2.01. The van der Waals surface area contributed by atoms with E-state index in [-0.39, 0.29) is 0 Å². The van der Waals surface area contributed by atoms with Gasteiger partial charge in [-0.05, 0) is 12.5 Å². The molecule has 1 aromatic rings. The van der Waals surface area contributed by atoms with Gasteiger partial charge in [-0.25, -0.2) is 4.98 Å². The van der Waals surface area contributed by atoms with Gasteiger partial charge in [-0.15, -0.1) is 0 Å². The number of aryl methyl sites for hydroxylation is 1. The summed E-state index contributed by atoms with van der Waals surface area (Å²) in [4.78, 5) is 3.76. The topological polar surface area (TPSA) is 79.4 Å². The molecule has 0 bridgehead atoms. The van der Waals surface area contributed by atoms with Crippen molar-refractivity contribution in [3.63, 3.8) is 0 Å². The van der Waals surface area contributed by atoms with E-state index < -0.39 is 7.12 Å². The van der Waals surface area contributed by atoms with Crippen molar-refractivity contribution in [2.75, 3.05) is 5.73 Å². The number of hydrogen-bond acceptors (Lipinski definition) is 4. The van der Waals surface area contributed by atoms with Gasteiger partial charge in [0.05, 0.1) is 0 Å². The predicted molar refractivity (Wildman–Crippen MR) is 43.2 cm³/mol. The standard InChI is InChI=1S/C6H9BN2O2/c1-4-2-5(7(10)11)3-9-6(4)8/h2-3,10-11H,1H3,(H2,8,9). The minimum Gasteiger partial charge on any atom is -0.423 e. The van der Waals surface area contributed by atoms with Crippen molar-refractivity contribution in [3.05, 3.63) is 17.8 Å². The molecule has 1 heterocycles. The van der Waals surface area contributed by atoms with Gasteiger partial charge in [0.25, 0.3) is 0 Å². The highest BCUT2D eigenvalue weighted by Gasteiger charge is 2.11. The number of pyridine rings is 1. The predicted octanol–water partition coefficient (Wildman–Crippen LogP) is -1.35. The molecule has 4 N–H and O–H groups in total. The lowest BCUT2D eigenvalue weighted by molar-refractivity contribution is 0.425. The molecular formula is C6H9BN2O2. The van der Waals surface area contributed by atoms with Crippen LogP contribution in [0.25, 0.3) is 0 Å². The van der Waals surface area contributed by atoms with Crippen LogP contribution in [0.2, 0.25) is 0 Å². The van der Waals surface area contributed by atoms with Gasteiger partial charge in [-0.2, -0.15) is 0 Å². The number of rotatable bonds is 1. The fourth-order valence-corrected chi connectivity index (χ4v) is 0.748. The van der Waals surface area contributed by atoms with E-state index in [9.17, 15) is 0 Å². The second-order valence-electron chi connectivity index (χ2n) is 2.34. The average molecular weight is 152 g/mol. The molecule has 1 rings (SSSR count). The third kappa shape index (κ3) is 1.69. The van der Waals surface area contributed by atoms with Crippen LogP contribution in [0, 0.1) is 6.92 Å². The SMILES string of the molecule is Cc1cc(B(O)O)cnc1N. The summed E-state index contributed by atoms with van der Waals surface area (Å²) in [6.45, 7) is 1.76. The summed E-state index contributed by atoms with van der Waals surface area (Å²) in [5.74, 6) is 0.411. The molecule has 0 saturated carbocycles. The van der Waals surface area contributed by atoms with E-state index in [0.29, 0.717) is 11.3 Å². The Bertz CT molecular complexity index is 265. The molecule has 0 aromatic carbocycles. The zero-order valence-electron chi connectivity index (χ0n) is 6.15. The van der Waals surface area contributed by atoms with Crippen molar-refractivity contribution in [2.24, 2.45) is 0 Å². The number of aromatic nitrogens is 1. The van der Waals surface area contributed by atoms with Gasteiger partial charge < -0.3 is 15.8 Å². The van der Waals surface area contributed by atoms with Crippen molar-refractivity contribution in [1.29, 1.82) is 0 Å². The highest BCUT2D eigenvalue weighted by molar-refractivity contribution is 6.58. The minimum absolute atomic E-state index is 0.358. The Balaban J connectivity index is 3.05. The minimum atomic E-state index is -1.47. The molecule has 0 radical (unpaired) electrons. The van der Waals surface area contributed by atoms with Crippen LogP contribution in [-0.4, -0.2) is 22.2 Å². The molecule has 0 aliphatic heterocycles. The van der Waals surface area contributed by atoms with Crippen LogP contribution in [0.15, 0.2) is 12.3 Å². The van der Waals surface area contributed by atoms with E-state index >= 15 is 0 Å². The maximum Gasteiger partial charge on any atom is 0.490 e. The molecule has 0 saturated heterocycles. The Morgan fingerprint density at radius 1 is 1.55 bits per heavy atom. The van der Waals surface area contributed by atoms with Crippen molar-refractivity contribution in [3.8, 4) is 0 Å². The number of anilines is 1. The van der Waals surface area contributed by atoms with Crippen molar-refractivity contribution < 1.29 is 10.0 Å². The summed E-state index contributed by atoms with van der Waals surface area (Å²) < 4.78 is 0. The van der Waals surface area contributed by atoms with Crippen LogP contribution in [0.3, 0.4) is 0 Å². The maximum absolute atomic E-state index is 8.71. The normalized spacial score (nSPS) is 9.73. The molecule has 0 amide bonds. The number of nitrogen functional groups attached to an aromatic ring is 1. The maximum atomic E-state index is 8.71. The quantitative estimate of drug-likeness (QED) is 0.434. The summed E-state index contributed by atoms with van der Waals surface area (Å²) >= 11 is 0. The molecule has 0 unspecified atom stereocenters. The second-order valence-corrected chi connectivity index (χ2v) is 2.34. The zero-order chi connectivity index (χ0) is 8.43. The van der Waals surface area contributed by atoms with Gasteiger partial charge in [-0.1, -0.05) is 6.07 Å². The largest absolute Gasteiger partial charge is 0.490 e. The lowest BCUT2D eigenvalue weighted by atomic mass is 9.81. The summed E-state index contributed by atoms with van der Waals surface area (Å²) in [6, 6.07) is 1.59. The van der Waals surface area contributed by atoms with Gasteiger partial charge in [0, 0.05) is 11.7 Å². The first-order valence-corrected chi connectivity index (χ1v) is 3.19. The lowest BCUT2D eigenvalue weighted by Crippen LogP contribution is -2.30. The van der Waals surface area contributed by atoms with Crippen LogP contribution in [0.1, 0.15) is 5.56 Å². The molecule has 58 valence electrons. The molecule has 0 fully saturated rings. The van der Waals surface area contributed by atoms with Crippen LogP contribution < -0.4 is 11.2 Å². The molecular weight excluding hydrogens is 143 g/mol. The van der Waals surface area contributed by atoms with Gasteiger partial charge in [0.1, 0.15) is 5.82 Å². The Morgan fingerprint density at radius 2 is 2.18 bits per heavy atom. The van der Waals surface area contributed by atoms with Crippen molar-refractivity contribution in [2.45, 2.75) is 6.92 Å². The highest BCUT2D eigenvalue weighted by Crippen LogP contribution is 2.01. The van der Waals surface area contributed by atoms with Crippen LogP contribution >= 0.6 is 0 Å². The third-order valence-electron chi connectivity index (χ3n) is 1.44. The fraction of sp³-hybridized carbons (Fsp3) is 0.167. The summed E-state index contributed by atoms with van der Waals surface area (Å²) in [7, 11) is -1.47. The van der Waals surface area contributed by atoms with Crippen molar-refractivity contribution in [1.82, 2.24) is 4.98 Å². The van der Waals surface area contributed by atoms with Gasteiger partial charge in [0.15, 0.2) is 0 Å². The second kappa shape index (κ2) is 2.90. The molecule has 5 heteroatoms. The van der Waals surface area contributed by atoms with Crippen LogP contribution in [-0.2, 0) is 0 Å². The highest BCUT2D eigenvalue weighted by atomic mass is 16.4. The van der Waals surface area contributed by atoms with E-state index in [1.807, 2.05) is 0 Å². The summed E-state index contributed by atoms with van der Waals surface area (Å²) in [5, 5.41) is 17.4. The summed E-state index contributed by atoms with van der Waals surface area (Å²) in [6.07, 6.45) is 1.34. The third-order valence-corrected chi connectivity index (χ3v) is 1.44. The first kappa shape index (κ1) is 8.04. The number of nitrogens with two attached hydrogens (primary N) is 1. The van der Waals surface area contributed by atoms with E-state index in [4.69, 9.17) is 15.8 Å². The molecule has 11 heavy (non-hydrogen) atoms. The Hall–Kier alpha value is -1.07. The fourth-order valence-electron chi connectivity index (χ4n) is 0.748. The molecule has 1 aromatic heterocycles. The molecule has 0 atom stereocenters. The Kier molecular flexibility index (Phi) is 2.12. The van der Waals surface area contributed by atoms with Crippen molar-refractivity contribution >= 4 is 18.4 Å². The number of nitrogens with zero attached hydrogens (tertiary/aromatic N) is 1. The Labute approximate surface area is 64.8 Å². The smallest absolute Gasteiger partial charge is 0.423 e. The van der Waals surface area contributed by atoms with Gasteiger partial charge in [0.2, 0.25) is 0 Å². The van der Waals surface area contributed by atoms with E-state index in [2.05, 4.69) is 4.98 Å². The van der Waals surface area contributed by atoms with Gasteiger partial charge in [-0.3, -0.25) is 0 Å². The molecule has 4 nitrogen and oxygen atoms in total. The zero-order valence-corrected chi connectivity index (χ0v) is 6.15. The monoisotopic (exact) mass is 152 g/mol. The average Bonchev–Trinajstić information content (AvgIpc) is 1.94. The van der Waals surface area contributed by atoms with Crippen LogP contribution in [0.5, 0.6) is 0 Å². The van der Waals surface area contributed by atoms with E-state index in [1.54, 1.807) is 13.0 Å². The van der Waals surface area contributed by atoms with E-state index in [0.717, 1.165) is 5.56 Å². The molecule has 0 spiro atoms.